The fourth-order valence-corrected chi connectivity index (χ4v) is 5.74. The normalized spacial score (nSPS) is 21.7. The lowest BCUT2D eigenvalue weighted by Gasteiger charge is -2.41. The average molecular weight is 561 g/mol. The number of hydrogen-bond donors (Lipinski definition) is 1. The number of aromatic nitrogens is 3. The summed E-state index contributed by atoms with van der Waals surface area (Å²) in [5, 5.41) is 18.9. The van der Waals surface area contributed by atoms with Crippen molar-refractivity contribution in [3.8, 4) is 12.1 Å². The maximum absolute atomic E-state index is 13.7. The number of nitrogens with zero attached hydrogens (tertiary/aromatic N) is 8. The topological polar surface area (TPSA) is 122 Å². The van der Waals surface area contributed by atoms with Crippen LogP contribution in [0.4, 0.5) is 29.5 Å². The molecule has 0 bridgehead atoms. The minimum absolute atomic E-state index is 0.0312. The molecule has 2 aromatic rings. The number of halogens is 3. The Morgan fingerprint density at radius 2 is 2.02 bits per heavy atom. The number of piperazine rings is 1. The first kappa shape index (κ1) is 27.7. The van der Waals surface area contributed by atoms with Gasteiger partial charge < -0.3 is 29.4 Å². The minimum Gasteiger partial charge on any atom is -0.465 e. The molecule has 2 fully saturated rings. The molecule has 2 unspecified atom stereocenters. The number of alkyl halides is 3. The maximum atomic E-state index is 13.7. The SMILES string of the molecule is CN1CCCC1COc1nc2c(c(N3CCN(C(=O)O)C(CC#N)C3)n1)CCN(c1ccncc1C(F)(F)F)C2. The number of carboxylic acid groups (broad SMARTS) is 1. The molecule has 1 N–H and O–H groups in total. The molecule has 11 nitrogen and oxygen atoms in total. The van der Waals surface area contributed by atoms with Crippen LogP contribution >= 0.6 is 0 Å². The van der Waals surface area contributed by atoms with Crippen LogP contribution < -0.4 is 14.5 Å². The standard InChI is InChI=1S/C26H31F3N8O3/c1-34-9-2-3-18(34)16-40-24-32-21-15-35(22-5-8-31-13-20(22)26(27,28)29)10-6-19(21)23(33-24)36-11-12-37(25(38)39)17(14-36)4-7-30/h5,8,13,17-18H,2-4,6,9-12,14-16H2,1H3,(H,38,39). The van der Waals surface area contributed by atoms with E-state index in [4.69, 9.17) is 9.72 Å². The van der Waals surface area contributed by atoms with E-state index in [9.17, 15) is 28.3 Å². The number of likely N-dealkylation sites (N-methyl/N-ethyl adjacent to an activating group) is 1. The van der Waals surface area contributed by atoms with Gasteiger partial charge in [-0.15, -0.1) is 0 Å². The third-order valence-corrected chi connectivity index (χ3v) is 7.90. The minimum atomic E-state index is -4.55. The molecule has 2 atom stereocenters. The first-order chi connectivity index (χ1) is 19.2. The zero-order chi connectivity index (χ0) is 28.4. The Kier molecular flexibility index (Phi) is 7.84. The Morgan fingerprint density at radius 1 is 1.20 bits per heavy atom. The molecule has 14 heteroatoms. The van der Waals surface area contributed by atoms with Gasteiger partial charge in [-0.25, -0.2) is 4.79 Å². The van der Waals surface area contributed by atoms with Crippen molar-refractivity contribution in [1.29, 1.82) is 5.26 Å². The maximum Gasteiger partial charge on any atom is 0.419 e. The second-order valence-corrected chi connectivity index (χ2v) is 10.3. The molecule has 0 radical (unpaired) electrons. The van der Waals surface area contributed by atoms with E-state index in [2.05, 4.69) is 20.9 Å². The number of ether oxygens (including phenoxy) is 1. The summed E-state index contributed by atoms with van der Waals surface area (Å²) in [6, 6.07) is 3.24. The fraction of sp³-hybridized carbons (Fsp3) is 0.577. The third kappa shape index (κ3) is 5.70. The van der Waals surface area contributed by atoms with Crippen LogP contribution in [0.5, 0.6) is 6.01 Å². The molecule has 0 spiro atoms. The van der Waals surface area contributed by atoms with Crippen molar-refractivity contribution in [2.24, 2.45) is 0 Å². The average Bonchev–Trinajstić information content (AvgIpc) is 3.35. The van der Waals surface area contributed by atoms with Crippen LogP contribution in [0, 0.1) is 11.3 Å². The van der Waals surface area contributed by atoms with Gasteiger partial charge >= 0.3 is 18.3 Å². The van der Waals surface area contributed by atoms with E-state index in [1.165, 1.54) is 17.2 Å². The number of amides is 1. The van der Waals surface area contributed by atoms with Crippen molar-refractivity contribution in [2.75, 3.05) is 56.2 Å². The number of anilines is 2. The number of likely N-dealkylation sites (tertiary alicyclic amines) is 1. The molecule has 0 saturated carbocycles. The van der Waals surface area contributed by atoms with Crippen LogP contribution in [0.15, 0.2) is 18.5 Å². The van der Waals surface area contributed by atoms with E-state index < -0.39 is 23.9 Å². The van der Waals surface area contributed by atoms with Crippen molar-refractivity contribution in [1.82, 2.24) is 24.8 Å². The first-order valence-electron chi connectivity index (χ1n) is 13.3. The van der Waals surface area contributed by atoms with E-state index in [1.54, 1.807) is 4.90 Å². The van der Waals surface area contributed by atoms with E-state index in [-0.39, 0.29) is 43.8 Å². The number of rotatable bonds is 6. The van der Waals surface area contributed by atoms with Gasteiger partial charge in [0.2, 0.25) is 0 Å². The van der Waals surface area contributed by atoms with Crippen molar-refractivity contribution >= 4 is 17.6 Å². The molecule has 1 amide bonds. The van der Waals surface area contributed by atoms with Crippen LogP contribution in [0.1, 0.15) is 36.1 Å². The molecular formula is C26H31F3N8O3. The largest absolute Gasteiger partial charge is 0.465 e. The van der Waals surface area contributed by atoms with Crippen LogP contribution in [0.25, 0.3) is 0 Å². The summed E-state index contributed by atoms with van der Waals surface area (Å²) >= 11 is 0. The van der Waals surface area contributed by atoms with Crippen LogP contribution in [0.3, 0.4) is 0 Å². The van der Waals surface area contributed by atoms with Crippen LogP contribution in [0.2, 0.25) is 0 Å². The summed E-state index contributed by atoms with van der Waals surface area (Å²) in [6.07, 6.45) is -0.990. The monoisotopic (exact) mass is 560 g/mol. The van der Waals surface area contributed by atoms with Gasteiger partial charge in [-0.05, 0) is 38.9 Å². The van der Waals surface area contributed by atoms with Crippen molar-refractivity contribution < 1.29 is 27.8 Å². The van der Waals surface area contributed by atoms with Gasteiger partial charge in [0, 0.05) is 50.2 Å². The zero-order valence-corrected chi connectivity index (χ0v) is 22.1. The highest BCUT2D eigenvalue weighted by molar-refractivity contribution is 5.66. The summed E-state index contributed by atoms with van der Waals surface area (Å²) < 4.78 is 47.3. The van der Waals surface area contributed by atoms with E-state index in [0.29, 0.717) is 37.6 Å². The molecule has 3 aliphatic heterocycles. The Bertz CT molecular complexity index is 1290. The molecule has 0 aliphatic carbocycles. The van der Waals surface area contributed by atoms with Crippen molar-refractivity contribution in [2.45, 2.75) is 50.5 Å². The third-order valence-electron chi connectivity index (χ3n) is 7.90. The van der Waals surface area contributed by atoms with Crippen molar-refractivity contribution in [3.63, 3.8) is 0 Å². The molecular weight excluding hydrogens is 529 g/mol. The molecule has 214 valence electrons. The lowest BCUT2D eigenvalue weighted by molar-refractivity contribution is -0.137. The van der Waals surface area contributed by atoms with Gasteiger partial charge in [-0.1, -0.05) is 0 Å². The number of nitriles is 1. The Balaban J connectivity index is 1.47. The highest BCUT2D eigenvalue weighted by Gasteiger charge is 2.38. The second kappa shape index (κ2) is 11.3. The quantitative estimate of drug-likeness (QED) is 0.564. The zero-order valence-electron chi connectivity index (χ0n) is 22.1. The Labute approximate surface area is 229 Å². The van der Waals surface area contributed by atoms with Crippen LogP contribution in [-0.4, -0.2) is 94.4 Å². The smallest absolute Gasteiger partial charge is 0.419 e. The number of fused-ring (bicyclic) bond motifs is 1. The molecule has 5 heterocycles. The van der Waals surface area contributed by atoms with E-state index in [1.807, 2.05) is 11.9 Å². The molecule has 0 aromatic carbocycles. The van der Waals surface area contributed by atoms with Gasteiger partial charge in [-0.2, -0.15) is 28.4 Å². The summed E-state index contributed by atoms with van der Waals surface area (Å²) in [4.78, 5) is 31.8. The Morgan fingerprint density at radius 3 is 2.73 bits per heavy atom. The lowest BCUT2D eigenvalue weighted by atomic mass is 10.0. The van der Waals surface area contributed by atoms with Gasteiger partial charge in [0.25, 0.3) is 0 Å². The van der Waals surface area contributed by atoms with E-state index in [0.717, 1.165) is 31.1 Å². The molecule has 40 heavy (non-hydrogen) atoms. The number of pyridine rings is 1. The van der Waals surface area contributed by atoms with Gasteiger partial charge in [0.1, 0.15) is 12.4 Å². The van der Waals surface area contributed by atoms with Gasteiger partial charge in [0.15, 0.2) is 0 Å². The van der Waals surface area contributed by atoms with E-state index >= 15 is 0 Å². The van der Waals surface area contributed by atoms with Gasteiger partial charge in [0.05, 0.1) is 42.0 Å². The Hall–Kier alpha value is -3.86. The number of hydrogen-bond acceptors (Lipinski definition) is 9. The fourth-order valence-electron chi connectivity index (χ4n) is 5.74. The van der Waals surface area contributed by atoms with Crippen LogP contribution in [-0.2, 0) is 19.1 Å². The summed E-state index contributed by atoms with van der Waals surface area (Å²) in [5.41, 5.74) is 0.585. The molecule has 5 rings (SSSR count). The second-order valence-electron chi connectivity index (χ2n) is 10.3. The highest BCUT2D eigenvalue weighted by Crippen LogP contribution is 2.39. The predicted molar refractivity (Wildman–Crippen MR) is 138 cm³/mol. The predicted octanol–water partition coefficient (Wildman–Crippen LogP) is 3.01. The number of carbonyl (C=O) groups is 1. The summed E-state index contributed by atoms with van der Waals surface area (Å²) in [7, 11) is 2.03. The van der Waals surface area contributed by atoms with Gasteiger partial charge in [-0.3, -0.25) is 4.98 Å². The first-order valence-corrected chi connectivity index (χ1v) is 13.3. The summed E-state index contributed by atoms with van der Waals surface area (Å²) in [6.45, 7) is 2.59. The van der Waals surface area contributed by atoms with Crippen molar-refractivity contribution in [3.05, 3.63) is 35.3 Å². The molecule has 3 aliphatic rings. The highest BCUT2D eigenvalue weighted by atomic mass is 19.4. The molecule has 2 saturated heterocycles. The summed E-state index contributed by atoms with van der Waals surface area (Å²) in [5.74, 6) is 0.582. The lowest BCUT2D eigenvalue weighted by Crippen LogP contribution is -2.55. The molecule has 2 aromatic heterocycles.